The van der Waals surface area contributed by atoms with Gasteiger partial charge in [-0.3, -0.25) is 4.79 Å². The Bertz CT molecular complexity index is 712. The van der Waals surface area contributed by atoms with Crippen molar-refractivity contribution in [2.75, 3.05) is 0 Å². The number of hydrogen-bond acceptors (Lipinski definition) is 5. The average molecular weight is 362 g/mol. The normalized spacial score (nSPS) is 11.8. The number of carbonyl (C=O) groups excluding carboxylic acids is 1. The fraction of sp³-hybridized carbons (Fsp3) is 0.389. The van der Waals surface area contributed by atoms with Crippen LogP contribution in [0.25, 0.3) is 0 Å². The van der Waals surface area contributed by atoms with Crippen molar-refractivity contribution in [3.05, 3.63) is 45.9 Å². The summed E-state index contributed by atoms with van der Waals surface area (Å²) in [6.45, 7) is 4.23. The number of aryl methyl sites for hydroxylation is 1. The minimum absolute atomic E-state index is 0.0640. The summed E-state index contributed by atoms with van der Waals surface area (Å²) < 4.78 is 5.66. The van der Waals surface area contributed by atoms with Gasteiger partial charge in [0.1, 0.15) is 23.4 Å². The molecule has 0 saturated carbocycles. The van der Waals surface area contributed by atoms with Crippen molar-refractivity contribution < 1.29 is 19.4 Å². The average Bonchev–Trinajstić information content (AvgIpc) is 3.01. The topological polar surface area (TPSA) is 88.5 Å². The summed E-state index contributed by atoms with van der Waals surface area (Å²) in [5, 5.41) is 14.2. The number of rotatable bonds is 9. The number of nitrogens with zero attached hydrogens (tertiary/aromatic N) is 1. The number of thiazole rings is 1. The molecule has 1 amide bonds. The molecule has 0 aliphatic rings. The monoisotopic (exact) mass is 362 g/mol. The van der Waals surface area contributed by atoms with Gasteiger partial charge in [-0.2, -0.15) is 0 Å². The Morgan fingerprint density at radius 2 is 2.04 bits per heavy atom. The highest BCUT2D eigenvalue weighted by atomic mass is 32.1. The number of benzene rings is 1. The van der Waals surface area contributed by atoms with Gasteiger partial charge in [0.15, 0.2) is 0 Å². The number of nitrogens with one attached hydrogen (secondary N) is 1. The molecule has 1 atom stereocenters. The van der Waals surface area contributed by atoms with Crippen molar-refractivity contribution >= 4 is 23.2 Å². The first-order valence-electron chi connectivity index (χ1n) is 8.13. The number of carboxylic acids is 1. The number of carboxylic acid groups (broad SMARTS) is 1. The quantitative estimate of drug-likeness (QED) is 0.716. The van der Waals surface area contributed by atoms with Crippen LogP contribution in [-0.4, -0.2) is 28.0 Å². The highest BCUT2D eigenvalue weighted by molar-refractivity contribution is 7.09. The smallest absolute Gasteiger partial charge is 0.326 e. The third-order valence-corrected chi connectivity index (χ3v) is 4.41. The van der Waals surface area contributed by atoms with Crippen molar-refractivity contribution in [2.24, 2.45) is 0 Å². The standard InChI is InChI=1S/C18H22N2O4S/c1-3-4-15(18(22)23)20-16(21)9-13-11-25-17(19-13)10-24-14-7-5-12(2)6-8-14/h5-8,11,15H,3-4,9-10H2,1-2H3,(H,20,21)(H,22,23). The lowest BCUT2D eigenvalue weighted by Crippen LogP contribution is -2.41. The van der Waals surface area contributed by atoms with Crippen molar-refractivity contribution in [3.8, 4) is 5.75 Å². The van der Waals surface area contributed by atoms with E-state index in [2.05, 4.69) is 10.3 Å². The van der Waals surface area contributed by atoms with E-state index in [0.717, 1.165) is 16.3 Å². The van der Waals surface area contributed by atoms with Gasteiger partial charge in [-0.15, -0.1) is 11.3 Å². The first-order chi connectivity index (χ1) is 12.0. The minimum atomic E-state index is -1.01. The summed E-state index contributed by atoms with van der Waals surface area (Å²) in [6, 6.07) is 6.90. The molecule has 25 heavy (non-hydrogen) atoms. The summed E-state index contributed by atoms with van der Waals surface area (Å²) in [7, 11) is 0. The van der Waals surface area contributed by atoms with Crippen molar-refractivity contribution in [3.63, 3.8) is 0 Å². The zero-order chi connectivity index (χ0) is 18.2. The van der Waals surface area contributed by atoms with E-state index in [1.165, 1.54) is 11.3 Å². The van der Waals surface area contributed by atoms with Gasteiger partial charge < -0.3 is 15.2 Å². The molecule has 1 aromatic carbocycles. The summed E-state index contributed by atoms with van der Waals surface area (Å²) in [6.07, 6.45) is 1.16. The van der Waals surface area contributed by atoms with E-state index in [0.29, 0.717) is 25.1 Å². The molecule has 0 spiro atoms. The fourth-order valence-corrected chi connectivity index (χ4v) is 2.94. The Kier molecular flexibility index (Phi) is 6.94. The number of hydrogen-bond donors (Lipinski definition) is 2. The van der Waals surface area contributed by atoms with E-state index < -0.39 is 12.0 Å². The molecule has 2 rings (SSSR count). The second-order valence-corrected chi connectivity index (χ2v) is 6.70. The van der Waals surface area contributed by atoms with E-state index in [9.17, 15) is 9.59 Å². The second kappa shape index (κ2) is 9.17. The SMILES string of the molecule is CCCC(NC(=O)Cc1csc(COc2ccc(C)cc2)n1)C(=O)O. The molecule has 1 unspecified atom stereocenters. The van der Waals surface area contributed by atoms with Crippen molar-refractivity contribution in [2.45, 2.75) is 45.8 Å². The summed E-state index contributed by atoms with van der Waals surface area (Å²) >= 11 is 1.42. The zero-order valence-corrected chi connectivity index (χ0v) is 15.1. The second-order valence-electron chi connectivity index (χ2n) is 5.76. The Morgan fingerprint density at radius 1 is 1.32 bits per heavy atom. The van der Waals surface area contributed by atoms with Crippen LogP contribution in [0.15, 0.2) is 29.6 Å². The van der Waals surface area contributed by atoms with Crippen LogP contribution in [0.3, 0.4) is 0 Å². The lowest BCUT2D eigenvalue weighted by Gasteiger charge is -2.12. The number of ether oxygens (including phenoxy) is 1. The van der Waals surface area contributed by atoms with E-state index in [1.807, 2.05) is 38.1 Å². The summed E-state index contributed by atoms with van der Waals surface area (Å²) in [5.41, 5.74) is 1.78. The largest absolute Gasteiger partial charge is 0.486 e. The highest BCUT2D eigenvalue weighted by Crippen LogP contribution is 2.16. The van der Waals surface area contributed by atoms with Crippen LogP contribution in [0.5, 0.6) is 5.75 Å². The Morgan fingerprint density at radius 3 is 2.68 bits per heavy atom. The van der Waals surface area contributed by atoms with E-state index in [-0.39, 0.29) is 12.3 Å². The number of amides is 1. The maximum Gasteiger partial charge on any atom is 0.326 e. The van der Waals surface area contributed by atoms with Crippen molar-refractivity contribution in [1.82, 2.24) is 10.3 Å². The van der Waals surface area contributed by atoms with E-state index in [4.69, 9.17) is 9.84 Å². The Balaban J connectivity index is 1.84. The third-order valence-electron chi connectivity index (χ3n) is 3.53. The van der Waals surface area contributed by atoms with Crippen LogP contribution in [0.1, 0.15) is 36.0 Å². The van der Waals surface area contributed by atoms with Gasteiger partial charge in [-0.1, -0.05) is 31.0 Å². The van der Waals surface area contributed by atoms with E-state index in [1.54, 1.807) is 5.38 Å². The molecule has 134 valence electrons. The molecular weight excluding hydrogens is 340 g/mol. The molecule has 1 heterocycles. The van der Waals surface area contributed by atoms with Gasteiger partial charge in [0.05, 0.1) is 12.1 Å². The van der Waals surface area contributed by atoms with Crippen LogP contribution >= 0.6 is 11.3 Å². The number of aromatic nitrogens is 1. The van der Waals surface area contributed by atoms with Gasteiger partial charge >= 0.3 is 5.97 Å². The lowest BCUT2D eigenvalue weighted by atomic mass is 10.1. The predicted molar refractivity (Wildman–Crippen MR) is 95.8 cm³/mol. The molecule has 0 aliphatic heterocycles. The molecule has 0 aliphatic carbocycles. The zero-order valence-electron chi connectivity index (χ0n) is 14.3. The molecule has 0 fully saturated rings. The molecule has 7 heteroatoms. The number of carbonyl (C=O) groups is 2. The third kappa shape index (κ3) is 6.19. The molecule has 2 N–H and O–H groups in total. The summed E-state index contributed by atoms with van der Waals surface area (Å²) in [4.78, 5) is 27.4. The predicted octanol–water partition coefficient (Wildman–Crippen LogP) is 2.94. The van der Waals surface area contributed by atoms with Crippen molar-refractivity contribution in [1.29, 1.82) is 0 Å². The van der Waals surface area contributed by atoms with Gasteiger partial charge in [-0.05, 0) is 25.5 Å². The van der Waals surface area contributed by atoms with Gasteiger partial charge in [0.2, 0.25) is 5.91 Å². The van der Waals surface area contributed by atoms with Gasteiger partial charge in [0, 0.05) is 5.38 Å². The fourth-order valence-electron chi connectivity index (χ4n) is 2.23. The van der Waals surface area contributed by atoms with Crippen LogP contribution in [0, 0.1) is 6.92 Å². The van der Waals surface area contributed by atoms with Gasteiger partial charge in [-0.25, -0.2) is 9.78 Å². The molecule has 6 nitrogen and oxygen atoms in total. The maximum absolute atomic E-state index is 12.0. The lowest BCUT2D eigenvalue weighted by molar-refractivity contribution is -0.141. The molecule has 0 saturated heterocycles. The van der Waals surface area contributed by atoms with Crippen LogP contribution in [-0.2, 0) is 22.6 Å². The first-order valence-corrected chi connectivity index (χ1v) is 9.00. The van der Waals surface area contributed by atoms with Crippen LogP contribution in [0.2, 0.25) is 0 Å². The molecule has 2 aromatic rings. The minimum Gasteiger partial charge on any atom is -0.486 e. The number of aliphatic carboxylic acids is 1. The molecule has 1 aromatic heterocycles. The first kappa shape index (κ1) is 18.9. The van der Waals surface area contributed by atoms with E-state index >= 15 is 0 Å². The Hall–Kier alpha value is -2.41. The molecule has 0 bridgehead atoms. The maximum atomic E-state index is 12.0. The Labute approximate surface area is 150 Å². The molecular formula is C18H22N2O4S. The molecule has 0 radical (unpaired) electrons. The van der Waals surface area contributed by atoms with Gasteiger partial charge in [0.25, 0.3) is 0 Å². The van der Waals surface area contributed by atoms with Crippen LogP contribution < -0.4 is 10.1 Å². The van der Waals surface area contributed by atoms with Crippen LogP contribution in [0.4, 0.5) is 0 Å². The highest BCUT2D eigenvalue weighted by Gasteiger charge is 2.19. The summed E-state index contributed by atoms with van der Waals surface area (Å²) in [5.74, 6) is -0.582.